The van der Waals surface area contributed by atoms with Crippen LogP contribution in [-0.4, -0.2) is 5.91 Å². The molecule has 0 fully saturated rings. The maximum absolute atomic E-state index is 12.1. The van der Waals surface area contributed by atoms with E-state index in [1.54, 1.807) is 6.08 Å². The minimum absolute atomic E-state index is 0.150. The number of nitrogens with one attached hydrogen (secondary N) is 1. The van der Waals surface area contributed by atoms with Crippen LogP contribution in [0.5, 0.6) is 5.75 Å². The van der Waals surface area contributed by atoms with Crippen molar-refractivity contribution in [3.8, 4) is 5.75 Å². The number of amides is 1. The van der Waals surface area contributed by atoms with Gasteiger partial charge in [0.05, 0.1) is 0 Å². The van der Waals surface area contributed by atoms with Crippen molar-refractivity contribution in [2.24, 2.45) is 0 Å². The molecule has 0 atom stereocenters. The largest absolute Gasteiger partial charge is 0.489 e. The monoisotopic (exact) mass is 435 g/mol. The molecule has 0 heterocycles. The van der Waals surface area contributed by atoms with Crippen molar-refractivity contribution in [3.63, 3.8) is 0 Å². The first-order valence-corrected chi connectivity index (χ1v) is 9.82. The molecular formula is C24H22BrNO2. The zero-order valence-electron chi connectivity index (χ0n) is 15.9. The van der Waals surface area contributed by atoms with E-state index in [9.17, 15) is 4.79 Å². The van der Waals surface area contributed by atoms with Gasteiger partial charge in [-0.2, -0.15) is 0 Å². The van der Waals surface area contributed by atoms with Crippen LogP contribution < -0.4 is 10.1 Å². The number of anilines is 1. The Morgan fingerprint density at radius 3 is 2.39 bits per heavy atom. The van der Waals surface area contributed by atoms with E-state index >= 15 is 0 Å². The fraction of sp³-hybridized carbons (Fsp3) is 0.125. The third-order valence-electron chi connectivity index (χ3n) is 4.27. The van der Waals surface area contributed by atoms with E-state index in [-0.39, 0.29) is 5.91 Å². The van der Waals surface area contributed by atoms with Gasteiger partial charge in [0.15, 0.2) is 0 Å². The smallest absolute Gasteiger partial charge is 0.248 e. The SMILES string of the molecule is Cc1ccc(NC(=O)/C=C/c2ccc(OCc3ccc(Br)cc3)cc2)c(C)c1. The zero-order valence-corrected chi connectivity index (χ0v) is 17.5. The van der Waals surface area contributed by atoms with Gasteiger partial charge >= 0.3 is 0 Å². The number of benzene rings is 3. The second-order valence-corrected chi connectivity index (χ2v) is 7.54. The highest BCUT2D eigenvalue weighted by Gasteiger charge is 2.02. The summed E-state index contributed by atoms with van der Waals surface area (Å²) in [6, 6.07) is 21.7. The van der Waals surface area contributed by atoms with E-state index in [0.717, 1.165) is 32.6 Å². The third-order valence-corrected chi connectivity index (χ3v) is 4.79. The Morgan fingerprint density at radius 1 is 1.00 bits per heavy atom. The van der Waals surface area contributed by atoms with Gasteiger partial charge in [0.1, 0.15) is 12.4 Å². The number of hydrogen-bond donors (Lipinski definition) is 1. The Kier molecular flexibility index (Phi) is 6.66. The average molecular weight is 436 g/mol. The molecule has 1 N–H and O–H groups in total. The van der Waals surface area contributed by atoms with Crippen molar-refractivity contribution in [3.05, 3.63) is 99.5 Å². The third kappa shape index (κ3) is 5.83. The lowest BCUT2D eigenvalue weighted by Crippen LogP contribution is -2.08. The highest BCUT2D eigenvalue weighted by Crippen LogP contribution is 2.18. The van der Waals surface area contributed by atoms with Gasteiger partial charge in [0.2, 0.25) is 5.91 Å². The van der Waals surface area contributed by atoms with Crippen LogP contribution in [-0.2, 0) is 11.4 Å². The van der Waals surface area contributed by atoms with Gasteiger partial charge in [0, 0.05) is 16.2 Å². The van der Waals surface area contributed by atoms with Crippen molar-refractivity contribution in [2.45, 2.75) is 20.5 Å². The normalized spacial score (nSPS) is 10.8. The molecule has 4 heteroatoms. The second kappa shape index (κ2) is 9.38. The topological polar surface area (TPSA) is 38.3 Å². The van der Waals surface area contributed by atoms with Crippen molar-refractivity contribution < 1.29 is 9.53 Å². The maximum Gasteiger partial charge on any atom is 0.248 e. The molecule has 28 heavy (non-hydrogen) atoms. The number of ether oxygens (including phenoxy) is 1. The Balaban J connectivity index is 1.54. The quantitative estimate of drug-likeness (QED) is 0.461. The van der Waals surface area contributed by atoms with Gasteiger partial charge < -0.3 is 10.1 Å². The van der Waals surface area contributed by atoms with E-state index in [1.165, 1.54) is 11.6 Å². The van der Waals surface area contributed by atoms with Gasteiger partial charge in [-0.25, -0.2) is 0 Å². The summed E-state index contributed by atoms with van der Waals surface area (Å²) in [5, 5.41) is 2.91. The molecule has 3 aromatic carbocycles. The molecule has 0 spiro atoms. The summed E-state index contributed by atoms with van der Waals surface area (Å²) >= 11 is 3.42. The molecule has 0 bridgehead atoms. The second-order valence-electron chi connectivity index (χ2n) is 6.63. The molecule has 0 radical (unpaired) electrons. The van der Waals surface area contributed by atoms with E-state index in [2.05, 4.69) is 21.2 Å². The summed E-state index contributed by atoms with van der Waals surface area (Å²) in [4.78, 5) is 12.1. The standard InChI is InChI=1S/C24H22BrNO2/c1-17-3-13-23(18(2)15-17)26-24(27)14-8-19-6-11-22(12-7-19)28-16-20-4-9-21(25)10-5-20/h3-15H,16H2,1-2H3,(H,26,27)/b14-8+. The lowest BCUT2D eigenvalue weighted by molar-refractivity contribution is -0.111. The molecule has 3 nitrogen and oxygen atoms in total. The van der Waals surface area contributed by atoms with Crippen LogP contribution in [0.15, 0.2) is 77.3 Å². The first kappa shape index (κ1) is 19.9. The van der Waals surface area contributed by atoms with Gasteiger partial charge in [-0.15, -0.1) is 0 Å². The number of hydrogen-bond acceptors (Lipinski definition) is 2. The Hall–Kier alpha value is -2.85. The van der Waals surface area contributed by atoms with Crippen LogP contribution in [0.2, 0.25) is 0 Å². The lowest BCUT2D eigenvalue weighted by atomic mass is 10.1. The molecule has 0 saturated heterocycles. The molecule has 3 rings (SSSR count). The Bertz CT molecular complexity index is 976. The number of carbonyl (C=O) groups is 1. The van der Waals surface area contributed by atoms with Crippen molar-refractivity contribution in [1.82, 2.24) is 0 Å². The highest BCUT2D eigenvalue weighted by molar-refractivity contribution is 9.10. The van der Waals surface area contributed by atoms with Crippen LogP contribution >= 0.6 is 15.9 Å². The molecule has 3 aromatic rings. The van der Waals surface area contributed by atoms with Crippen LogP contribution in [0.1, 0.15) is 22.3 Å². The molecular weight excluding hydrogens is 414 g/mol. The van der Waals surface area contributed by atoms with Crippen LogP contribution in [0.25, 0.3) is 6.08 Å². The van der Waals surface area contributed by atoms with Crippen molar-refractivity contribution in [2.75, 3.05) is 5.32 Å². The van der Waals surface area contributed by atoms with E-state index in [0.29, 0.717) is 6.61 Å². The molecule has 0 saturated carbocycles. The Labute approximate surface area is 174 Å². The van der Waals surface area contributed by atoms with Crippen LogP contribution in [0, 0.1) is 13.8 Å². The van der Waals surface area contributed by atoms with E-state index in [1.807, 2.05) is 80.6 Å². The predicted molar refractivity (Wildman–Crippen MR) is 118 cm³/mol. The minimum atomic E-state index is -0.150. The molecule has 0 unspecified atom stereocenters. The van der Waals surface area contributed by atoms with Crippen LogP contribution in [0.3, 0.4) is 0 Å². The Morgan fingerprint density at radius 2 is 1.71 bits per heavy atom. The summed E-state index contributed by atoms with van der Waals surface area (Å²) < 4.78 is 6.85. The average Bonchev–Trinajstić information content (AvgIpc) is 2.69. The summed E-state index contributed by atoms with van der Waals surface area (Å²) in [5.74, 6) is 0.641. The van der Waals surface area contributed by atoms with Gasteiger partial charge in [0.25, 0.3) is 0 Å². The molecule has 0 aliphatic carbocycles. The fourth-order valence-corrected chi connectivity index (χ4v) is 2.99. The van der Waals surface area contributed by atoms with Crippen molar-refractivity contribution in [1.29, 1.82) is 0 Å². The summed E-state index contributed by atoms with van der Waals surface area (Å²) in [5.41, 5.74) is 5.10. The molecule has 0 aromatic heterocycles. The molecule has 1 amide bonds. The summed E-state index contributed by atoms with van der Waals surface area (Å²) in [7, 11) is 0. The maximum atomic E-state index is 12.1. The fourth-order valence-electron chi connectivity index (χ4n) is 2.72. The van der Waals surface area contributed by atoms with E-state index < -0.39 is 0 Å². The molecule has 0 aliphatic rings. The number of aryl methyl sites for hydroxylation is 2. The molecule has 142 valence electrons. The highest BCUT2D eigenvalue weighted by atomic mass is 79.9. The van der Waals surface area contributed by atoms with Crippen LogP contribution in [0.4, 0.5) is 5.69 Å². The number of carbonyl (C=O) groups excluding carboxylic acids is 1. The number of halogens is 1. The molecule has 0 aliphatic heterocycles. The zero-order chi connectivity index (χ0) is 19.9. The van der Waals surface area contributed by atoms with Gasteiger partial charge in [-0.1, -0.05) is 57.9 Å². The first-order chi connectivity index (χ1) is 13.5. The summed E-state index contributed by atoms with van der Waals surface area (Å²) in [6.45, 7) is 4.53. The van der Waals surface area contributed by atoms with Gasteiger partial charge in [-0.05, 0) is 66.9 Å². The first-order valence-electron chi connectivity index (χ1n) is 9.03. The predicted octanol–water partition coefficient (Wildman–Crippen LogP) is 6.30. The van der Waals surface area contributed by atoms with Gasteiger partial charge in [-0.3, -0.25) is 4.79 Å². The minimum Gasteiger partial charge on any atom is -0.489 e. The van der Waals surface area contributed by atoms with Crippen molar-refractivity contribution >= 4 is 33.6 Å². The lowest BCUT2D eigenvalue weighted by Gasteiger charge is -2.07. The number of rotatable bonds is 6. The van der Waals surface area contributed by atoms with E-state index in [4.69, 9.17) is 4.74 Å². The summed E-state index contributed by atoms with van der Waals surface area (Å²) in [6.07, 6.45) is 3.33.